The number of aryl methyl sites for hydroxylation is 1. The van der Waals surface area contributed by atoms with Crippen LogP contribution in [0.1, 0.15) is 28.8 Å². The molecule has 6 heteroatoms. The third-order valence-electron chi connectivity index (χ3n) is 4.59. The normalized spacial score (nSPS) is 26.9. The van der Waals surface area contributed by atoms with Gasteiger partial charge in [-0.25, -0.2) is 0 Å². The van der Waals surface area contributed by atoms with Crippen LogP contribution in [-0.2, 0) is 4.79 Å². The Kier molecular flexibility index (Phi) is 2.40. The molecule has 3 atom stereocenters. The maximum atomic E-state index is 12.9. The molecule has 4 rings (SSSR count). The van der Waals surface area contributed by atoms with Crippen molar-refractivity contribution < 1.29 is 9.59 Å². The van der Waals surface area contributed by atoms with Crippen LogP contribution in [0.25, 0.3) is 10.9 Å². The molecule has 1 saturated heterocycles. The summed E-state index contributed by atoms with van der Waals surface area (Å²) in [4.78, 5) is 26.2. The van der Waals surface area contributed by atoms with E-state index >= 15 is 0 Å². The molecule has 2 fully saturated rings. The average molecular weight is 284 g/mol. The highest BCUT2D eigenvalue weighted by Gasteiger charge is 2.55. The van der Waals surface area contributed by atoms with E-state index in [1.807, 2.05) is 19.1 Å². The number of rotatable bonds is 2. The van der Waals surface area contributed by atoms with Gasteiger partial charge in [-0.1, -0.05) is 0 Å². The Balaban J connectivity index is 1.79. The summed E-state index contributed by atoms with van der Waals surface area (Å²) in [6.45, 7) is 1.94. The molecular formula is C15H16N4O2. The van der Waals surface area contributed by atoms with Crippen molar-refractivity contribution in [3.8, 4) is 0 Å². The molecule has 2 aromatic rings. The van der Waals surface area contributed by atoms with Gasteiger partial charge in [-0.2, -0.15) is 5.10 Å². The van der Waals surface area contributed by atoms with Crippen molar-refractivity contribution in [3.63, 3.8) is 0 Å². The fourth-order valence-corrected chi connectivity index (χ4v) is 3.52. The van der Waals surface area contributed by atoms with Crippen molar-refractivity contribution in [3.05, 3.63) is 29.5 Å². The number of fused-ring (bicyclic) bond motifs is 2. The lowest BCUT2D eigenvalue weighted by Gasteiger charge is -2.25. The molecule has 1 aliphatic carbocycles. The Morgan fingerprint density at radius 1 is 1.38 bits per heavy atom. The zero-order valence-corrected chi connectivity index (χ0v) is 11.7. The van der Waals surface area contributed by atoms with Crippen molar-refractivity contribution in [2.45, 2.75) is 31.8 Å². The molecule has 0 spiro atoms. The van der Waals surface area contributed by atoms with Gasteiger partial charge < -0.3 is 10.6 Å². The lowest BCUT2D eigenvalue weighted by molar-refractivity contribution is -0.122. The first-order valence-corrected chi connectivity index (χ1v) is 7.12. The van der Waals surface area contributed by atoms with Crippen LogP contribution in [0, 0.1) is 12.8 Å². The van der Waals surface area contributed by atoms with Gasteiger partial charge in [0.25, 0.3) is 5.91 Å². The van der Waals surface area contributed by atoms with Gasteiger partial charge in [0, 0.05) is 11.4 Å². The lowest BCUT2D eigenvalue weighted by Crippen LogP contribution is -2.46. The molecule has 0 bridgehead atoms. The predicted molar refractivity (Wildman–Crippen MR) is 76.5 cm³/mol. The Hall–Kier alpha value is -2.37. The number of benzene rings is 1. The zero-order chi connectivity index (χ0) is 14.7. The van der Waals surface area contributed by atoms with Crippen LogP contribution in [0.15, 0.2) is 18.3 Å². The van der Waals surface area contributed by atoms with E-state index in [1.54, 1.807) is 11.1 Å². The number of amides is 2. The third-order valence-corrected chi connectivity index (χ3v) is 4.59. The molecule has 3 N–H and O–H groups in total. The topological polar surface area (TPSA) is 92.1 Å². The number of piperidine rings is 1. The van der Waals surface area contributed by atoms with Gasteiger partial charge in [0.1, 0.15) is 6.04 Å². The summed E-state index contributed by atoms with van der Waals surface area (Å²) in [7, 11) is 0. The van der Waals surface area contributed by atoms with Gasteiger partial charge in [0.05, 0.1) is 17.3 Å². The number of carbonyl (C=O) groups excluding carboxylic acids is 2. The number of nitrogens with zero attached hydrogens (tertiary/aromatic N) is 2. The van der Waals surface area contributed by atoms with E-state index < -0.39 is 11.9 Å². The molecule has 1 aromatic carbocycles. The van der Waals surface area contributed by atoms with Crippen molar-refractivity contribution in [2.75, 3.05) is 0 Å². The zero-order valence-electron chi connectivity index (χ0n) is 11.7. The minimum absolute atomic E-state index is 0.123. The molecular weight excluding hydrogens is 268 g/mol. The predicted octanol–water partition coefficient (Wildman–Crippen LogP) is 0.960. The molecule has 1 saturated carbocycles. The average Bonchev–Trinajstić information content (AvgIpc) is 2.88. The van der Waals surface area contributed by atoms with Crippen LogP contribution < -0.4 is 5.73 Å². The van der Waals surface area contributed by atoms with E-state index in [2.05, 4.69) is 10.2 Å². The van der Waals surface area contributed by atoms with Gasteiger partial charge >= 0.3 is 0 Å². The number of aromatic amines is 1. The molecule has 2 heterocycles. The first kappa shape index (κ1) is 12.4. The van der Waals surface area contributed by atoms with E-state index in [0.29, 0.717) is 17.9 Å². The van der Waals surface area contributed by atoms with Crippen molar-refractivity contribution >= 4 is 22.7 Å². The van der Waals surface area contributed by atoms with Gasteiger partial charge in [-0.15, -0.1) is 0 Å². The third kappa shape index (κ3) is 1.75. The summed E-state index contributed by atoms with van der Waals surface area (Å²) in [6, 6.07) is 3.52. The highest BCUT2D eigenvalue weighted by atomic mass is 16.2. The van der Waals surface area contributed by atoms with Gasteiger partial charge in [-0.05, 0) is 43.4 Å². The van der Waals surface area contributed by atoms with E-state index in [0.717, 1.165) is 22.9 Å². The van der Waals surface area contributed by atoms with Crippen molar-refractivity contribution in [1.29, 1.82) is 0 Å². The van der Waals surface area contributed by atoms with Gasteiger partial charge in [0.2, 0.25) is 5.91 Å². The van der Waals surface area contributed by atoms with E-state index in [4.69, 9.17) is 5.73 Å². The summed E-state index contributed by atoms with van der Waals surface area (Å²) in [5.74, 6) is -0.0978. The molecule has 2 aliphatic rings. The first-order chi connectivity index (χ1) is 10.1. The quantitative estimate of drug-likeness (QED) is 0.860. The number of hydrogen-bond donors (Lipinski definition) is 2. The summed E-state index contributed by atoms with van der Waals surface area (Å²) >= 11 is 0. The minimum atomic E-state index is -0.472. The molecule has 2 amide bonds. The smallest absolute Gasteiger partial charge is 0.256 e. The maximum absolute atomic E-state index is 12.9. The van der Waals surface area contributed by atoms with Crippen LogP contribution in [0.3, 0.4) is 0 Å². The number of nitrogens with one attached hydrogen (secondary N) is 1. The van der Waals surface area contributed by atoms with Crippen molar-refractivity contribution in [1.82, 2.24) is 15.1 Å². The second kappa shape index (κ2) is 4.07. The minimum Gasteiger partial charge on any atom is -0.368 e. The number of hydrogen-bond acceptors (Lipinski definition) is 3. The highest BCUT2D eigenvalue weighted by Crippen LogP contribution is 2.48. The van der Waals surface area contributed by atoms with E-state index in [1.165, 1.54) is 0 Å². The van der Waals surface area contributed by atoms with E-state index in [-0.39, 0.29) is 11.9 Å². The SMILES string of the molecule is Cc1cc(C(=O)N2C(C(N)=O)CC3CC32)c2[nH]ncc2c1. The summed E-state index contributed by atoms with van der Waals surface area (Å²) < 4.78 is 0. The van der Waals surface area contributed by atoms with E-state index in [9.17, 15) is 9.59 Å². The highest BCUT2D eigenvalue weighted by molar-refractivity contribution is 6.07. The number of carbonyl (C=O) groups is 2. The Bertz CT molecular complexity index is 766. The monoisotopic (exact) mass is 284 g/mol. The summed E-state index contributed by atoms with van der Waals surface area (Å²) in [5.41, 5.74) is 7.74. The van der Waals surface area contributed by atoms with Crippen molar-refractivity contribution in [2.24, 2.45) is 11.7 Å². The Labute approximate surface area is 121 Å². The van der Waals surface area contributed by atoms with Crippen LogP contribution in [0.2, 0.25) is 0 Å². The fraction of sp³-hybridized carbons (Fsp3) is 0.400. The van der Waals surface area contributed by atoms with Gasteiger partial charge in [0.15, 0.2) is 0 Å². The second-order valence-electron chi connectivity index (χ2n) is 6.08. The molecule has 1 aromatic heterocycles. The van der Waals surface area contributed by atoms with Crippen LogP contribution in [0.4, 0.5) is 0 Å². The molecule has 3 unspecified atom stereocenters. The summed E-state index contributed by atoms with van der Waals surface area (Å²) in [5, 5.41) is 7.79. The fourth-order valence-electron chi connectivity index (χ4n) is 3.52. The molecule has 108 valence electrons. The second-order valence-corrected chi connectivity index (χ2v) is 6.08. The molecule has 0 radical (unpaired) electrons. The number of likely N-dealkylation sites (tertiary alicyclic amines) is 1. The standard InChI is InChI=1S/C15H16N4O2/c1-7-2-9-6-17-18-13(9)10(3-7)15(21)19-11-4-8(11)5-12(19)14(16)20/h2-3,6,8,11-12H,4-5H2,1H3,(H2,16,20)(H,17,18). The maximum Gasteiger partial charge on any atom is 0.256 e. The number of nitrogens with two attached hydrogens (primary N) is 1. The first-order valence-electron chi connectivity index (χ1n) is 7.12. The van der Waals surface area contributed by atoms with Gasteiger partial charge in [-0.3, -0.25) is 14.7 Å². The van der Waals surface area contributed by atoms with Crippen LogP contribution >= 0.6 is 0 Å². The van der Waals surface area contributed by atoms with Crippen LogP contribution in [0.5, 0.6) is 0 Å². The lowest BCUT2D eigenvalue weighted by atomic mass is 10.1. The largest absolute Gasteiger partial charge is 0.368 e. The number of aromatic nitrogens is 2. The number of primary amides is 1. The Morgan fingerprint density at radius 3 is 2.95 bits per heavy atom. The molecule has 1 aliphatic heterocycles. The number of H-pyrrole nitrogens is 1. The summed E-state index contributed by atoms with van der Waals surface area (Å²) in [6.07, 6.45) is 3.38. The Morgan fingerprint density at radius 2 is 2.19 bits per heavy atom. The van der Waals surface area contributed by atoms with Crippen LogP contribution in [-0.4, -0.2) is 39.0 Å². The molecule has 21 heavy (non-hydrogen) atoms. The molecule has 6 nitrogen and oxygen atoms in total.